The minimum Gasteiger partial charge on any atom is -0.466 e. The molecule has 4 rings (SSSR count). The van der Waals surface area contributed by atoms with Crippen molar-refractivity contribution in [3.05, 3.63) is 11.6 Å². The average Bonchev–Trinajstić information content (AvgIpc) is 3.21. The first-order chi connectivity index (χ1) is 17.7. The predicted octanol–water partition coefficient (Wildman–Crippen LogP) is 8.72. The Hall–Kier alpha value is -0.830. The summed E-state index contributed by atoms with van der Waals surface area (Å²) in [5, 5.41) is 3.84. The van der Waals surface area contributed by atoms with Crippen molar-refractivity contribution in [1.82, 2.24) is 5.32 Å². The number of carbonyl (C=O) groups is 1. The highest BCUT2D eigenvalue weighted by molar-refractivity contribution is 5.69. The average molecular weight is 514 g/mol. The third kappa shape index (κ3) is 6.33. The van der Waals surface area contributed by atoms with E-state index in [1.165, 1.54) is 70.6 Å². The summed E-state index contributed by atoms with van der Waals surface area (Å²) in [5.41, 5.74) is 2.81. The fraction of sp³-hybridized carbons (Fsp3) is 0.912. The summed E-state index contributed by atoms with van der Waals surface area (Å²) < 4.78 is 5.06. The van der Waals surface area contributed by atoms with Gasteiger partial charge in [-0.05, 0) is 124 Å². The summed E-state index contributed by atoms with van der Waals surface area (Å²) in [7, 11) is 0. The summed E-state index contributed by atoms with van der Waals surface area (Å²) in [4.78, 5) is 11.6. The van der Waals surface area contributed by atoms with E-state index in [0.29, 0.717) is 29.9 Å². The molecule has 3 nitrogen and oxygen atoms in total. The number of fused-ring (bicyclic) bond motifs is 5. The molecule has 0 heterocycles. The van der Waals surface area contributed by atoms with E-state index in [2.05, 4.69) is 46.0 Å². The van der Waals surface area contributed by atoms with Crippen molar-refractivity contribution in [2.24, 2.45) is 46.3 Å². The number of hydrogen-bond donors (Lipinski definition) is 1. The second-order valence-corrected chi connectivity index (χ2v) is 14.4. The van der Waals surface area contributed by atoms with Crippen LogP contribution in [0.4, 0.5) is 0 Å². The first kappa shape index (κ1) is 29.2. The summed E-state index contributed by atoms with van der Waals surface area (Å²) in [6, 6.07) is 0.620. The number of allylic oxidation sites excluding steroid dienone is 1. The fourth-order valence-corrected chi connectivity index (χ4v) is 9.79. The van der Waals surface area contributed by atoms with E-state index >= 15 is 0 Å². The Kier molecular flexibility index (Phi) is 9.90. The normalized spacial score (nSPS) is 37.9. The monoisotopic (exact) mass is 513 g/mol. The molecular formula is C34H59NO2. The number of rotatable bonds is 12. The van der Waals surface area contributed by atoms with Gasteiger partial charge in [0, 0.05) is 12.5 Å². The van der Waals surface area contributed by atoms with Crippen LogP contribution in [0.1, 0.15) is 131 Å². The number of hydrogen-bond acceptors (Lipinski definition) is 3. The molecule has 8 unspecified atom stereocenters. The summed E-state index contributed by atoms with van der Waals surface area (Å²) in [6.07, 6.45) is 20.7. The third-order valence-electron chi connectivity index (χ3n) is 11.9. The van der Waals surface area contributed by atoms with Gasteiger partial charge < -0.3 is 10.1 Å². The van der Waals surface area contributed by atoms with Gasteiger partial charge in [-0.25, -0.2) is 0 Å². The van der Waals surface area contributed by atoms with E-state index in [4.69, 9.17) is 4.74 Å². The van der Waals surface area contributed by atoms with Crippen LogP contribution in [0, 0.1) is 46.3 Å². The maximum atomic E-state index is 11.6. The van der Waals surface area contributed by atoms with E-state index in [0.717, 1.165) is 54.9 Å². The van der Waals surface area contributed by atoms with Crippen LogP contribution in [0.15, 0.2) is 11.6 Å². The van der Waals surface area contributed by atoms with Gasteiger partial charge in [0.1, 0.15) is 0 Å². The van der Waals surface area contributed by atoms with Crippen LogP contribution < -0.4 is 5.32 Å². The molecule has 37 heavy (non-hydrogen) atoms. The highest BCUT2D eigenvalue weighted by atomic mass is 16.5. The first-order valence-corrected chi connectivity index (χ1v) is 16.3. The van der Waals surface area contributed by atoms with Crippen LogP contribution in [-0.4, -0.2) is 25.2 Å². The van der Waals surface area contributed by atoms with Crippen molar-refractivity contribution in [3.63, 3.8) is 0 Å². The van der Waals surface area contributed by atoms with Crippen LogP contribution in [0.25, 0.3) is 0 Å². The van der Waals surface area contributed by atoms with Crippen molar-refractivity contribution in [1.29, 1.82) is 0 Å². The first-order valence-electron chi connectivity index (χ1n) is 16.3. The zero-order valence-electron chi connectivity index (χ0n) is 25.2. The Balaban J connectivity index is 1.31. The maximum absolute atomic E-state index is 11.6. The molecule has 3 fully saturated rings. The molecule has 0 aromatic rings. The molecular weight excluding hydrogens is 454 g/mol. The second-order valence-electron chi connectivity index (χ2n) is 14.4. The molecule has 8 atom stereocenters. The third-order valence-corrected chi connectivity index (χ3v) is 11.9. The SMILES string of the molecule is CCOC(=O)CCCCNC1CCC2(C)C(=CCC3C2CCC2(C)C(C(C)CCCC(C)C)CCC32)C1. The summed E-state index contributed by atoms with van der Waals surface area (Å²) in [6.45, 7) is 16.1. The zero-order chi connectivity index (χ0) is 26.6. The molecule has 0 aromatic carbocycles. The molecule has 1 N–H and O–H groups in total. The zero-order valence-corrected chi connectivity index (χ0v) is 25.2. The molecule has 0 aliphatic heterocycles. The quantitative estimate of drug-likeness (QED) is 0.161. The molecule has 4 aliphatic rings. The molecule has 212 valence electrons. The van der Waals surface area contributed by atoms with E-state index in [1.807, 2.05) is 6.92 Å². The molecule has 3 heteroatoms. The van der Waals surface area contributed by atoms with Crippen molar-refractivity contribution in [2.75, 3.05) is 13.2 Å². The lowest BCUT2D eigenvalue weighted by molar-refractivity contribution is -0.143. The minimum absolute atomic E-state index is 0.0457. The largest absolute Gasteiger partial charge is 0.466 e. The Bertz CT molecular complexity index is 789. The van der Waals surface area contributed by atoms with E-state index in [9.17, 15) is 4.79 Å². The molecule has 0 aromatic heterocycles. The second kappa shape index (κ2) is 12.6. The molecule has 3 saturated carbocycles. The van der Waals surface area contributed by atoms with Gasteiger partial charge >= 0.3 is 5.97 Å². The minimum atomic E-state index is -0.0457. The van der Waals surface area contributed by atoms with Crippen LogP contribution in [0.3, 0.4) is 0 Å². The molecule has 4 aliphatic carbocycles. The van der Waals surface area contributed by atoms with Gasteiger partial charge in [-0.2, -0.15) is 0 Å². The Morgan fingerprint density at radius 1 is 1.03 bits per heavy atom. The molecule has 0 radical (unpaired) electrons. The number of carbonyl (C=O) groups excluding carboxylic acids is 1. The molecule has 0 saturated heterocycles. The topological polar surface area (TPSA) is 38.3 Å². The van der Waals surface area contributed by atoms with Crippen LogP contribution in [0.2, 0.25) is 0 Å². The lowest BCUT2D eigenvalue weighted by atomic mass is 9.47. The Morgan fingerprint density at radius 2 is 1.84 bits per heavy atom. The Morgan fingerprint density at radius 3 is 2.59 bits per heavy atom. The van der Waals surface area contributed by atoms with Gasteiger partial charge in [0.2, 0.25) is 0 Å². The van der Waals surface area contributed by atoms with E-state index in [-0.39, 0.29) is 5.97 Å². The van der Waals surface area contributed by atoms with E-state index < -0.39 is 0 Å². The summed E-state index contributed by atoms with van der Waals surface area (Å²) >= 11 is 0. The number of ether oxygens (including phenoxy) is 1. The lowest BCUT2D eigenvalue weighted by Gasteiger charge is -2.58. The summed E-state index contributed by atoms with van der Waals surface area (Å²) in [5.74, 6) is 5.44. The van der Waals surface area contributed by atoms with Crippen molar-refractivity contribution in [3.8, 4) is 0 Å². The number of esters is 1. The van der Waals surface area contributed by atoms with Gasteiger partial charge in [-0.3, -0.25) is 4.79 Å². The molecule has 0 amide bonds. The van der Waals surface area contributed by atoms with Crippen LogP contribution in [0.5, 0.6) is 0 Å². The molecule has 0 spiro atoms. The number of unbranched alkanes of at least 4 members (excludes halogenated alkanes) is 1. The van der Waals surface area contributed by atoms with Crippen LogP contribution in [-0.2, 0) is 9.53 Å². The van der Waals surface area contributed by atoms with Crippen molar-refractivity contribution in [2.45, 2.75) is 137 Å². The van der Waals surface area contributed by atoms with Crippen LogP contribution >= 0.6 is 0 Å². The van der Waals surface area contributed by atoms with Gasteiger partial charge in [-0.15, -0.1) is 0 Å². The highest BCUT2D eigenvalue weighted by Gasteiger charge is 2.59. The lowest BCUT2D eigenvalue weighted by Crippen LogP contribution is -2.51. The predicted molar refractivity (Wildman–Crippen MR) is 155 cm³/mol. The smallest absolute Gasteiger partial charge is 0.305 e. The van der Waals surface area contributed by atoms with Gasteiger partial charge in [-0.1, -0.05) is 65.5 Å². The Labute approximate surface area is 229 Å². The van der Waals surface area contributed by atoms with Gasteiger partial charge in [0.05, 0.1) is 6.61 Å². The van der Waals surface area contributed by atoms with Gasteiger partial charge in [0.25, 0.3) is 0 Å². The van der Waals surface area contributed by atoms with Gasteiger partial charge in [0.15, 0.2) is 0 Å². The van der Waals surface area contributed by atoms with Crippen molar-refractivity contribution < 1.29 is 9.53 Å². The van der Waals surface area contributed by atoms with E-state index in [1.54, 1.807) is 5.57 Å². The standard InChI is InChI=1S/C34H59NO2/c1-7-37-32(36)13-8-9-22-35-27-18-20-33(5)26(23-27)14-15-28-30-17-16-29(25(4)12-10-11-24(2)3)34(30,6)21-19-31(28)33/h14,24-25,27-31,35H,7-13,15-23H2,1-6H3. The molecule has 0 bridgehead atoms. The maximum Gasteiger partial charge on any atom is 0.305 e. The van der Waals surface area contributed by atoms with Crippen molar-refractivity contribution >= 4 is 5.97 Å². The number of nitrogens with one attached hydrogen (secondary N) is 1. The highest BCUT2D eigenvalue weighted by Crippen LogP contribution is 2.67. The fourth-order valence-electron chi connectivity index (χ4n) is 9.79.